The van der Waals surface area contributed by atoms with Gasteiger partial charge in [-0.05, 0) is 83.1 Å². The lowest BCUT2D eigenvalue weighted by molar-refractivity contribution is -0.113. The predicted molar refractivity (Wildman–Crippen MR) is 158 cm³/mol. The fourth-order valence-electron chi connectivity index (χ4n) is 3.54. The Balaban J connectivity index is 1.55. The van der Waals surface area contributed by atoms with Crippen LogP contribution in [0, 0.1) is 10.5 Å². The maximum absolute atomic E-state index is 13.2. The Morgan fingerprint density at radius 3 is 2.40 bits per heavy atom. The molecule has 0 unspecified atom stereocenters. The van der Waals surface area contributed by atoms with Gasteiger partial charge >= 0.3 is 0 Å². The van der Waals surface area contributed by atoms with Crippen molar-refractivity contribution >= 4 is 74.2 Å². The van der Waals surface area contributed by atoms with Gasteiger partial charge in [0.05, 0.1) is 21.3 Å². The van der Waals surface area contributed by atoms with Crippen LogP contribution in [-0.2, 0) is 11.4 Å². The number of carbonyl (C=O) groups is 1. The highest BCUT2D eigenvalue weighted by Gasteiger charge is 2.33. The van der Waals surface area contributed by atoms with Gasteiger partial charge in [0, 0.05) is 19.8 Å². The summed E-state index contributed by atoms with van der Waals surface area (Å²) in [6.45, 7) is 2.50. The van der Waals surface area contributed by atoms with Crippen LogP contribution in [0.25, 0.3) is 6.08 Å². The molecule has 0 aliphatic carbocycles. The Bertz CT molecular complexity index is 1290. The number of ether oxygens (including phenoxy) is 2. The van der Waals surface area contributed by atoms with Crippen molar-refractivity contribution in [3.8, 4) is 11.5 Å². The van der Waals surface area contributed by atoms with Crippen LogP contribution in [-0.4, -0.2) is 31.4 Å². The van der Waals surface area contributed by atoms with Crippen molar-refractivity contribution in [2.75, 3.05) is 31.0 Å². The van der Waals surface area contributed by atoms with Crippen LogP contribution >= 0.6 is 46.6 Å². The largest absolute Gasteiger partial charge is 0.493 e. The molecule has 4 rings (SSSR count). The number of halogens is 1. The third-order valence-electron chi connectivity index (χ3n) is 5.47. The number of hydrogen-bond acceptors (Lipinski definition) is 6. The van der Waals surface area contributed by atoms with E-state index in [2.05, 4.69) is 53.8 Å². The third-order valence-corrected chi connectivity index (χ3v) is 7.57. The molecule has 35 heavy (non-hydrogen) atoms. The molecule has 1 aliphatic heterocycles. The zero-order chi connectivity index (χ0) is 25.1. The van der Waals surface area contributed by atoms with E-state index in [4.69, 9.17) is 21.7 Å². The topological polar surface area (TPSA) is 42.0 Å². The smallest absolute Gasteiger partial charge is 0.270 e. The number of hydrogen-bond donors (Lipinski definition) is 0. The second-order valence-electron chi connectivity index (χ2n) is 8.24. The first-order chi connectivity index (χ1) is 16.8. The highest BCUT2D eigenvalue weighted by molar-refractivity contribution is 14.1. The Morgan fingerprint density at radius 1 is 1.09 bits per heavy atom. The summed E-state index contributed by atoms with van der Waals surface area (Å²) in [5.41, 5.74) is 4.95. The SMILES string of the molecule is COc1cc(/C=C2\SC(=S)N(c3ccc(N(C)C)cc3)C2=O)cc(I)c1OCc1ccc(C)cc1. The summed E-state index contributed by atoms with van der Waals surface area (Å²) in [6.07, 6.45) is 1.85. The van der Waals surface area contributed by atoms with Crippen LogP contribution in [0.1, 0.15) is 16.7 Å². The summed E-state index contributed by atoms with van der Waals surface area (Å²) in [6, 6.07) is 19.9. The maximum Gasteiger partial charge on any atom is 0.270 e. The van der Waals surface area contributed by atoms with Crippen LogP contribution in [0.2, 0.25) is 0 Å². The molecule has 0 spiro atoms. The molecular formula is C27H25IN2O3S2. The van der Waals surface area contributed by atoms with Crippen molar-refractivity contribution in [2.45, 2.75) is 13.5 Å². The van der Waals surface area contributed by atoms with Crippen LogP contribution in [0.15, 0.2) is 65.6 Å². The lowest BCUT2D eigenvalue weighted by Crippen LogP contribution is -2.27. The molecule has 180 valence electrons. The first kappa shape index (κ1) is 25.5. The normalized spacial score (nSPS) is 14.5. The van der Waals surface area contributed by atoms with E-state index in [1.54, 1.807) is 12.0 Å². The van der Waals surface area contributed by atoms with Gasteiger partial charge in [-0.25, -0.2) is 0 Å². The third kappa shape index (κ3) is 5.82. The molecule has 0 N–H and O–H groups in total. The Hall–Kier alpha value is -2.56. The molecule has 0 saturated carbocycles. The molecule has 1 aliphatic rings. The molecule has 0 bridgehead atoms. The minimum atomic E-state index is -0.133. The van der Waals surface area contributed by atoms with Crippen molar-refractivity contribution < 1.29 is 14.3 Å². The highest BCUT2D eigenvalue weighted by atomic mass is 127. The van der Waals surface area contributed by atoms with Crippen LogP contribution < -0.4 is 19.3 Å². The summed E-state index contributed by atoms with van der Waals surface area (Å²) in [5, 5.41) is 0. The van der Waals surface area contributed by atoms with Gasteiger partial charge in [0.2, 0.25) is 0 Å². The van der Waals surface area contributed by atoms with Gasteiger partial charge in [0.1, 0.15) is 6.61 Å². The summed E-state index contributed by atoms with van der Waals surface area (Å²) in [7, 11) is 5.57. The lowest BCUT2D eigenvalue weighted by Gasteiger charge is -2.17. The van der Waals surface area contributed by atoms with Crippen LogP contribution in [0.5, 0.6) is 11.5 Å². The number of nitrogens with zero attached hydrogens (tertiary/aromatic N) is 2. The van der Waals surface area contributed by atoms with Crippen molar-refractivity contribution in [1.29, 1.82) is 0 Å². The van der Waals surface area contributed by atoms with Crippen molar-refractivity contribution in [3.63, 3.8) is 0 Å². The van der Waals surface area contributed by atoms with Gasteiger partial charge in [0.15, 0.2) is 15.8 Å². The van der Waals surface area contributed by atoms with Gasteiger partial charge in [-0.1, -0.05) is 53.8 Å². The first-order valence-corrected chi connectivity index (χ1v) is 13.2. The summed E-state index contributed by atoms with van der Waals surface area (Å²) in [5.74, 6) is 1.16. The Kier molecular flexibility index (Phi) is 8.03. The van der Waals surface area contributed by atoms with E-state index in [1.807, 2.05) is 61.5 Å². The number of thiocarbonyl (C=S) groups is 1. The zero-order valence-corrected chi connectivity index (χ0v) is 23.7. The molecule has 1 amide bonds. The minimum absolute atomic E-state index is 0.133. The Morgan fingerprint density at radius 2 is 1.77 bits per heavy atom. The summed E-state index contributed by atoms with van der Waals surface area (Å²) < 4.78 is 13.1. The van der Waals surface area contributed by atoms with Crippen molar-refractivity contribution in [2.24, 2.45) is 0 Å². The first-order valence-electron chi connectivity index (χ1n) is 10.9. The predicted octanol–water partition coefficient (Wildman–Crippen LogP) is 6.66. The van der Waals surface area contributed by atoms with Gasteiger partial charge in [0.25, 0.3) is 5.91 Å². The van der Waals surface area contributed by atoms with Gasteiger partial charge < -0.3 is 14.4 Å². The molecule has 0 aromatic heterocycles. The number of amides is 1. The van der Waals surface area contributed by atoms with E-state index >= 15 is 0 Å². The van der Waals surface area contributed by atoms with Gasteiger partial charge in [-0.15, -0.1) is 0 Å². The maximum atomic E-state index is 13.2. The quantitative estimate of drug-likeness (QED) is 0.168. The van der Waals surface area contributed by atoms with E-state index in [0.29, 0.717) is 27.3 Å². The van der Waals surface area contributed by atoms with Gasteiger partial charge in [-0.3, -0.25) is 9.69 Å². The molecule has 0 radical (unpaired) electrons. The van der Waals surface area contributed by atoms with E-state index in [-0.39, 0.29) is 5.91 Å². The van der Waals surface area contributed by atoms with Crippen LogP contribution in [0.4, 0.5) is 11.4 Å². The second-order valence-corrected chi connectivity index (χ2v) is 11.1. The molecule has 1 fully saturated rings. The average molecular weight is 617 g/mol. The number of anilines is 2. The second kappa shape index (κ2) is 11.0. The van der Waals surface area contributed by atoms with Gasteiger partial charge in [-0.2, -0.15) is 0 Å². The molecule has 8 heteroatoms. The fraction of sp³-hybridized carbons (Fsp3) is 0.185. The van der Waals surface area contributed by atoms with E-state index < -0.39 is 0 Å². The zero-order valence-electron chi connectivity index (χ0n) is 19.9. The Labute approximate surface area is 229 Å². The lowest BCUT2D eigenvalue weighted by atomic mass is 10.1. The number of rotatable bonds is 7. The highest BCUT2D eigenvalue weighted by Crippen LogP contribution is 2.39. The summed E-state index contributed by atoms with van der Waals surface area (Å²) >= 11 is 9.06. The number of thioether (sulfide) groups is 1. The summed E-state index contributed by atoms with van der Waals surface area (Å²) in [4.78, 5) is 17.4. The standard InChI is InChI=1S/C27H25IN2O3S2/c1-17-5-7-18(8-6-17)16-33-25-22(28)13-19(14-23(25)32-4)15-24-26(31)30(27(34)35-24)21-11-9-20(10-12-21)29(2)3/h5-15H,16H2,1-4H3/b24-15-. The number of benzene rings is 3. The molecule has 1 heterocycles. The molecule has 5 nitrogen and oxygen atoms in total. The monoisotopic (exact) mass is 616 g/mol. The van der Waals surface area contributed by atoms with Crippen molar-refractivity contribution in [1.82, 2.24) is 0 Å². The molecule has 3 aromatic rings. The molecule has 1 saturated heterocycles. The number of carbonyl (C=O) groups excluding carboxylic acids is 1. The van der Waals surface area contributed by atoms with E-state index in [0.717, 1.165) is 26.1 Å². The minimum Gasteiger partial charge on any atom is -0.493 e. The number of methoxy groups -OCH3 is 1. The molecular weight excluding hydrogens is 591 g/mol. The van der Waals surface area contributed by atoms with Crippen molar-refractivity contribution in [3.05, 3.63) is 85.8 Å². The number of aryl methyl sites for hydroxylation is 1. The molecule has 3 aromatic carbocycles. The molecule has 0 atom stereocenters. The average Bonchev–Trinajstić information content (AvgIpc) is 3.11. The van der Waals surface area contributed by atoms with Crippen LogP contribution in [0.3, 0.4) is 0 Å². The van der Waals surface area contributed by atoms with E-state index in [1.165, 1.54) is 17.3 Å². The fourth-order valence-corrected chi connectivity index (χ4v) is 5.62. The van der Waals surface area contributed by atoms with E-state index in [9.17, 15) is 4.79 Å².